The Morgan fingerprint density at radius 3 is 2.11 bits per heavy atom. The highest BCUT2D eigenvalue weighted by atomic mass is 16.5. The maximum Gasteiger partial charge on any atom is 0.300 e. The number of anilines is 1. The largest absolute Gasteiger partial charge is 0.507 e. The van der Waals surface area contributed by atoms with Crippen LogP contribution in [0.2, 0.25) is 0 Å². The number of aliphatic hydroxyl groups is 1. The second-order valence-corrected chi connectivity index (χ2v) is 8.16. The summed E-state index contributed by atoms with van der Waals surface area (Å²) in [4.78, 5) is 28.2. The van der Waals surface area contributed by atoms with Crippen LogP contribution in [0.1, 0.15) is 43.5 Å². The van der Waals surface area contributed by atoms with E-state index in [0.29, 0.717) is 41.5 Å². The van der Waals surface area contributed by atoms with Gasteiger partial charge < -0.3 is 14.6 Å². The molecule has 0 aromatic heterocycles. The van der Waals surface area contributed by atoms with Crippen LogP contribution in [0, 0.1) is 0 Å². The van der Waals surface area contributed by atoms with Crippen molar-refractivity contribution in [3.8, 4) is 11.5 Å². The molecular formula is C29H29NO5. The van der Waals surface area contributed by atoms with E-state index < -0.39 is 17.7 Å². The number of aryl methyl sites for hydroxylation is 1. The van der Waals surface area contributed by atoms with Gasteiger partial charge in [-0.05, 0) is 55.7 Å². The second kappa shape index (κ2) is 10.5. The topological polar surface area (TPSA) is 76.1 Å². The molecule has 4 rings (SSSR count). The molecule has 35 heavy (non-hydrogen) atoms. The SMILES string of the molecule is CCOc1cccc(C2/C(=C(\O)c3ccc(CC)cc3)C(=O)C(=O)N2c2cccc(OCC)c2)c1. The lowest BCUT2D eigenvalue weighted by Gasteiger charge is -2.26. The lowest BCUT2D eigenvalue weighted by Crippen LogP contribution is -2.29. The fourth-order valence-electron chi connectivity index (χ4n) is 4.30. The minimum absolute atomic E-state index is 0.0368. The standard InChI is InChI=1S/C29H29NO5/c1-4-19-13-15-20(16-14-19)27(31)25-26(21-9-7-11-23(17-21)34-5-2)30(29(33)28(25)32)22-10-8-12-24(18-22)35-6-3/h7-18,26,31H,4-6H2,1-3H3/b27-25+. The van der Waals surface area contributed by atoms with Crippen LogP contribution in [0.25, 0.3) is 5.76 Å². The first kappa shape index (κ1) is 24.1. The number of aliphatic hydroxyl groups excluding tert-OH is 1. The average molecular weight is 472 g/mol. The van der Waals surface area contributed by atoms with Crippen LogP contribution in [0.15, 0.2) is 78.4 Å². The van der Waals surface area contributed by atoms with Crippen molar-refractivity contribution in [1.82, 2.24) is 0 Å². The van der Waals surface area contributed by atoms with Crippen molar-refractivity contribution >= 4 is 23.1 Å². The highest BCUT2D eigenvalue weighted by Crippen LogP contribution is 2.43. The Bertz CT molecular complexity index is 1260. The molecule has 3 aromatic rings. The predicted octanol–water partition coefficient (Wildman–Crippen LogP) is 5.67. The van der Waals surface area contributed by atoms with Gasteiger partial charge in [0.2, 0.25) is 0 Å². The van der Waals surface area contributed by atoms with E-state index in [2.05, 4.69) is 0 Å². The molecule has 1 aliphatic heterocycles. The molecule has 1 saturated heterocycles. The average Bonchev–Trinajstić information content (AvgIpc) is 3.15. The van der Waals surface area contributed by atoms with Crippen LogP contribution >= 0.6 is 0 Å². The van der Waals surface area contributed by atoms with Gasteiger partial charge in [0.05, 0.1) is 24.8 Å². The van der Waals surface area contributed by atoms with Crippen LogP contribution in [0.3, 0.4) is 0 Å². The summed E-state index contributed by atoms with van der Waals surface area (Å²) < 4.78 is 11.3. The first-order valence-corrected chi connectivity index (χ1v) is 11.8. The zero-order valence-electron chi connectivity index (χ0n) is 20.2. The summed E-state index contributed by atoms with van der Waals surface area (Å²) in [6.45, 7) is 6.75. The van der Waals surface area contributed by atoms with Gasteiger partial charge in [-0.1, -0.05) is 49.4 Å². The summed E-state index contributed by atoms with van der Waals surface area (Å²) in [6, 6.07) is 20.8. The molecule has 180 valence electrons. The van der Waals surface area contributed by atoms with Crippen LogP contribution < -0.4 is 14.4 Å². The van der Waals surface area contributed by atoms with Crippen LogP contribution in [-0.4, -0.2) is 30.0 Å². The zero-order valence-corrected chi connectivity index (χ0v) is 20.2. The number of carbonyl (C=O) groups is 2. The fraction of sp³-hybridized carbons (Fsp3) is 0.241. The predicted molar refractivity (Wildman–Crippen MR) is 136 cm³/mol. The molecule has 1 amide bonds. The number of nitrogens with zero attached hydrogens (tertiary/aromatic N) is 1. The maximum absolute atomic E-state index is 13.4. The molecule has 1 unspecified atom stereocenters. The lowest BCUT2D eigenvalue weighted by molar-refractivity contribution is -0.132. The van der Waals surface area contributed by atoms with Crippen molar-refractivity contribution in [1.29, 1.82) is 0 Å². The van der Waals surface area contributed by atoms with Gasteiger partial charge in [0, 0.05) is 17.3 Å². The number of rotatable bonds is 8. The molecule has 3 aromatic carbocycles. The molecule has 0 spiro atoms. The molecule has 1 heterocycles. The van der Waals surface area contributed by atoms with E-state index in [0.717, 1.165) is 12.0 Å². The first-order valence-electron chi connectivity index (χ1n) is 11.8. The molecule has 6 nitrogen and oxygen atoms in total. The number of ketones is 1. The molecule has 0 bridgehead atoms. The molecule has 1 N–H and O–H groups in total. The van der Waals surface area contributed by atoms with E-state index in [4.69, 9.17) is 9.47 Å². The number of hydrogen-bond donors (Lipinski definition) is 1. The number of benzene rings is 3. The maximum atomic E-state index is 13.4. The smallest absolute Gasteiger partial charge is 0.300 e. The van der Waals surface area contributed by atoms with Gasteiger partial charge >= 0.3 is 0 Å². The molecule has 1 atom stereocenters. The van der Waals surface area contributed by atoms with E-state index in [-0.39, 0.29) is 11.3 Å². The van der Waals surface area contributed by atoms with Crippen molar-refractivity contribution in [2.75, 3.05) is 18.1 Å². The van der Waals surface area contributed by atoms with Crippen molar-refractivity contribution in [3.05, 3.63) is 95.1 Å². The number of Topliss-reactive ketones (excluding diaryl/α,β-unsaturated/α-hetero) is 1. The summed E-state index contributed by atoms with van der Waals surface area (Å²) in [5.41, 5.74) is 2.79. The molecule has 0 aliphatic carbocycles. The number of ether oxygens (including phenoxy) is 2. The van der Waals surface area contributed by atoms with Crippen molar-refractivity contribution < 1.29 is 24.2 Å². The van der Waals surface area contributed by atoms with Crippen LogP contribution in [0.4, 0.5) is 5.69 Å². The molecular weight excluding hydrogens is 442 g/mol. The molecule has 0 radical (unpaired) electrons. The number of hydrogen-bond acceptors (Lipinski definition) is 5. The summed E-state index contributed by atoms with van der Waals surface area (Å²) in [6.07, 6.45) is 0.853. The summed E-state index contributed by atoms with van der Waals surface area (Å²) in [7, 11) is 0. The van der Waals surface area contributed by atoms with E-state index in [1.54, 1.807) is 42.5 Å². The van der Waals surface area contributed by atoms with Crippen molar-refractivity contribution in [2.45, 2.75) is 33.2 Å². The summed E-state index contributed by atoms with van der Waals surface area (Å²) in [5.74, 6) is -0.455. The molecule has 6 heteroatoms. The minimum atomic E-state index is -0.835. The van der Waals surface area contributed by atoms with Gasteiger partial charge in [-0.15, -0.1) is 0 Å². The van der Waals surface area contributed by atoms with Gasteiger partial charge in [0.1, 0.15) is 17.3 Å². The third kappa shape index (κ3) is 4.78. The summed E-state index contributed by atoms with van der Waals surface area (Å²) in [5, 5.41) is 11.3. The van der Waals surface area contributed by atoms with Gasteiger partial charge in [-0.3, -0.25) is 14.5 Å². The van der Waals surface area contributed by atoms with Gasteiger partial charge in [0.25, 0.3) is 11.7 Å². The highest BCUT2D eigenvalue weighted by Gasteiger charge is 2.47. The minimum Gasteiger partial charge on any atom is -0.507 e. The van der Waals surface area contributed by atoms with E-state index in [9.17, 15) is 14.7 Å². The second-order valence-electron chi connectivity index (χ2n) is 8.16. The monoisotopic (exact) mass is 471 g/mol. The van der Waals surface area contributed by atoms with Crippen LogP contribution in [0.5, 0.6) is 11.5 Å². The Balaban J connectivity index is 1.91. The molecule has 1 aliphatic rings. The quantitative estimate of drug-likeness (QED) is 0.260. The van der Waals surface area contributed by atoms with Gasteiger partial charge in [0.15, 0.2) is 0 Å². The lowest BCUT2D eigenvalue weighted by atomic mass is 9.94. The van der Waals surface area contributed by atoms with E-state index in [1.807, 2.05) is 51.1 Å². The third-order valence-electron chi connectivity index (χ3n) is 5.97. The highest BCUT2D eigenvalue weighted by molar-refractivity contribution is 6.51. The Labute approximate surface area is 205 Å². The van der Waals surface area contributed by atoms with Crippen LogP contribution in [-0.2, 0) is 16.0 Å². The number of amides is 1. The van der Waals surface area contributed by atoms with E-state index >= 15 is 0 Å². The fourth-order valence-corrected chi connectivity index (χ4v) is 4.30. The first-order chi connectivity index (χ1) is 17.0. The van der Waals surface area contributed by atoms with E-state index in [1.165, 1.54) is 4.90 Å². The normalized spacial score (nSPS) is 17.0. The molecule has 0 saturated carbocycles. The number of carbonyl (C=O) groups excluding carboxylic acids is 2. The summed E-state index contributed by atoms with van der Waals surface area (Å²) >= 11 is 0. The molecule has 1 fully saturated rings. The third-order valence-corrected chi connectivity index (χ3v) is 5.97. The van der Waals surface area contributed by atoms with Gasteiger partial charge in [-0.25, -0.2) is 0 Å². The van der Waals surface area contributed by atoms with Gasteiger partial charge in [-0.2, -0.15) is 0 Å². The van der Waals surface area contributed by atoms with Crippen molar-refractivity contribution in [3.63, 3.8) is 0 Å². The van der Waals surface area contributed by atoms with Crippen molar-refractivity contribution in [2.24, 2.45) is 0 Å². The Morgan fingerprint density at radius 2 is 1.49 bits per heavy atom. The Kier molecular flexibility index (Phi) is 7.20. The Hall–Kier alpha value is -4.06. The Morgan fingerprint density at radius 1 is 0.857 bits per heavy atom. The zero-order chi connectivity index (χ0) is 24.9.